The van der Waals surface area contributed by atoms with E-state index < -0.39 is 11.9 Å². The van der Waals surface area contributed by atoms with Gasteiger partial charge in [0.05, 0.1) is 11.5 Å². The van der Waals surface area contributed by atoms with Crippen LogP contribution in [0.4, 0.5) is 5.69 Å². The monoisotopic (exact) mass is 351 g/mol. The predicted molar refractivity (Wildman–Crippen MR) is 98.5 cm³/mol. The summed E-state index contributed by atoms with van der Waals surface area (Å²) in [7, 11) is 0. The van der Waals surface area contributed by atoms with Crippen LogP contribution in [-0.4, -0.2) is 24.2 Å². The van der Waals surface area contributed by atoms with Gasteiger partial charge in [0.15, 0.2) is 5.78 Å². The first-order chi connectivity index (χ1) is 12.4. The van der Waals surface area contributed by atoms with E-state index in [2.05, 4.69) is 0 Å². The van der Waals surface area contributed by atoms with Crippen LogP contribution in [-0.2, 0) is 9.59 Å². The Balaban J connectivity index is 1.78. The van der Waals surface area contributed by atoms with E-state index in [4.69, 9.17) is 4.74 Å². The van der Waals surface area contributed by atoms with Crippen molar-refractivity contribution < 1.29 is 19.1 Å². The number of carbonyl (C=O) groups excluding carboxylic acids is 3. The van der Waals surface area contributed by atoms with Crippen LogP contribution in [0, 0.1) is 19.8 Å². The molecule has 5 nitrogen and oxygen atoms in total. The third-order valence-corrected chi connectivity index (χ3v) is 4.80. The number of nitrogens with zero attached hydrogens (tertiary/aromatic N) is 1. The Morgan fingerprint density at radius 1 is 1.08 bits per heavy atom. The number of anilines is 1. The summed E-state index contributed by atoms with van der Waals surface area (Å²) in [5, 5.41) is 0. The molecule has 0 spiro atoms. The largest absolute Gasteiger partial charge is 0.425 e. The minimum atomic E-state index is -0.553. The molecule has 1 amide bonds. The first-order valence-electron chi connectivity index (χ1n) is 8.56. The zero-order valence-corrected chi connectivity index (χ0v) is 15.1. The van der Waals surface area contributed by atoms with Gasteiger partial charge in [0.2, 0.25) is 5.91 Å². The second-order valence-corrected chi connectivity index (χ2v) is 6.60. The molecule has 0 saturated carbocycles. The van der Waals surface area contributed by atoms with E-state index in [-0.39, 0.29) is 30.4 Å². The van der Waals surface area contributed by atoms with Gasteiger partial charge in [0.1, 0.15) is 5.75 Å². The number of esters is 1. The Bertz CT molecular complexity index is 887. The third-order valence-electron chi connectivity index (χ3n) is 4.80. The molecular weight excluding hydrogens is 330 g/mol. The zero-order valence-electron chi connectivity index (χ0n) is 15.1. The van der Waals surface area contributed by atoms with Crippen molar-refractivity contribution in [1.82, 2.24) is 0 Å². The number of ketones is 1. The third kappa shape index (κ3) is 3.38. The molecule has 0 bridgehead atoms. The van der Waals surface area contributed by atoms with Crippen molar-refractivity contribution in [1.29, 1.82) is 0 Å². The van der Waals surface area contributed by atoms with Crippen LogP contribution in [0.5, 0.6) is 5.75 Å². The van der Waals surface area contributed by atoms with E-state index in [0.717, 1.165) is 16.8 Å². The van der Waals surface area contributed by atoms with Gasteiger partial charge in [-0.25, -0.2) is 0 Å². The van der Waals surface area contributed by atoms with Crippen LogP contribution in [0.15, 0.2) is 42.5 Å². The summed E-state index contributed by atoms with van der Waals surface area (Å²) in [6.07, 6.45) is 0.106. The Morgan fingerprint density at radius 3 is 2.54 bits per heavy atom. The van der Waals surface area contributed by atoms with Gasteiger partial charge in [-0.05, 0) is 50.1 Å². The number of rotatable bonds is 4. The number of amides is 1. The fourth-order valence-corrected chi connectivity index (χ4v) is 3.16. The molecule has 5 heteroatoms. The highest BCUT2D eigenvalue weighted by Crippen LogP contribution is 2.30. The Labute approximate surface area is 152 Å². The second kappa shape index (κ2) is 7.12. The van der Waals surface area contributed by atoms with Gasteiger partial charge in [0.25, 0.3) is 0 Å². The van der Waals surface area contributed by atoms with E-state index in [1.807, 2.05) is 32.0 Å². The van der Waals surface area contributed by atoms with Gasteiger partial charge in [0, 0.05) is 18.7 Å². The Kier molecular flexibility index (Phi) is 4.89. The first kappa shape index (κ1) is 17.9. The molecule has 0 aromatic heterocycles. The van der Waals surface area contributed by atoms with Crippen molar-refractivity contribution in [3.63, 3.8) is 0 Å². The topological polar surface area (TPSA) is 63.7 Å². The highest BCUT2D eigenvalue weighted by atomic mass is 16.5. The molecule has 1 aliphatic rings. The summed E-state index contributed by atoms with van der Waals surface area (Å²) in [6, 6.07) is 12.4. The predicted octanol–water partition coefficient (Wildman–Crippen LogP) is 3.46. The quantitative estimate of drug-likeness (QED) is 0.481. The van der Waals surface area contributed by atoms with Crippen LogP contribution < -0.4 is 9.64 Å². The normalized spacial score (nSPS) is 16.7. The minimum absolute atomic E-state index is 0.0968. The molecule has 0 unspecified atom stereocenters. The second-order valence-electron chi connectivity index (χ2n) is 6.60. The molecule has 2 aromatic rings. The number of hydrogen-bond donors (Lipinski definition) is 0. The summed E-state index contributed by atoms with van der Waals surface area (Å²) < 4.78 is 5.44. The molecule has 1 atom stereocenters. The first-order valence-corrected chi connectivity index (χ1v) is 8.56. The van der Waals surface area contributed by atoms with Crippen LogP contribution >= 0.6 is 0 Å². The molecule has 3 rings (SSSR count). The van der Waals surface area contributed by atoms with Gasteiger partial charge >= 0.3 is 5.97 Å². The molecule has 1 aliphatic heterocycles. The number of Topliss-reactive ketones (excluding diaryl/α,β-unsaturated/α-hetero) is 1. The molecule has 2 aromatic carbocycles. The summed E-state index contributed by atoms with van der Waals surface area (Å²) in [5.74, 6) is -1.07. The lowest BCUT2D eigenvalue weighted by atomic mass is 10.1. The number of carbonyl (C=O) groups is 3. The van der Waals surface area contributed by atoms with Crippen LogP contribution in [0.25, 0.3) is 0 Å². The van der Waals surface area contributed by atoms with Gasteiger partial charge in [-0.1, -0.05) is 24.3 Å². The van der Waals surface area contributed by atoms with E-state index in [9.17, 15) is 14.4 Å². The number of hydrogen-bond acceptors (Lipinski definition) is 4. The van der Waals surface area contributed by atoms with E-state index in [1.54, 1.807) is 29.2 Å². The fraction of sp³-hybridized carbons (Fsp3) is 0.286. The molecule has 26 heavy (non-hydrogen) atoms. The van der Waals surface area contributed by atoms with Crippen molar-refractivity contribution in [2.75, 3.05) is 11.4 Å². The lowest BCUT2D eigenvalue weighted by Gasteiger charge is -2.20. The average molecular weight is 351 g/mol. The van der Waals surface area contributed by atoms with Crippen molar-refractivity contribution in [3.8, 4) is 5.75 Å². The maximum absolute atomic E-state index is 12.6. The fourth-order valence-electron chi connectivity index (χ4n) is 3.16. The highest BCUT2D eigenvalue weighted by molar-refractivity contribution is 6.01. The average Bonchev–Trinajstić information content (AvgIpc) is 2.99. The molecule has 1 fully saturated rings. The standard InChI is InChI=1S/C21H21NO4/c1-13-7-6-9-18(14(13)2)22-12-16(11-20(22)24)21(25)26-19-10-5-4-8-17(19)15(3)23/h4-10,16H,11-12H2,1-3H3/t16-/m1/s1. The number of benzene rings is 2. The van der Waals surface area contributed by atoms with Gasteiger partial charge < -0.3 is 9.64 Å². The van der Waals surface area contributed by atoms with Crippen molar-refractivity contribution >= 4 is 23.3 Å². The number of ether oxygens (including phenoxy) is 1. The van der Waals surface area contributed by atoms with E-state index >= 15 is 0 Å². The summed E-state index contributed by atoms with van der Waals surface area (Å²) in [5.41, 5.74) is 3.31. The van der Waals surface area contributed by atoms with Crippen molar-refractivity contribution in [2.24, 2.45) is 5.92 Å². The van der Waals surface area contributed by atoms with Gasteiger partial charge in [-0.2, -0.15) is 0 Å². The molecule has 1 saturated heterocycles. The SMILES string of the molecule is CC(=O)c1ccccc1OC(=O)[C@@H]1CC(=O)N(c2cccc(C)c2C)C1. The maximum atomic E-state index is 12.6. The van der Waals surface area contributed by atoms with Crippen molar-refractivity contribution in [3.05, 3.63) is 59.2 Å². The Hall–Kier alpha value is -2.95. The van der Waals surface area contributed by atoms with Gasteiger partial charge in [-0.15, -0.1) is 0 Å². The maximum Gasteiger partial charge on any atom is 0.316 e. The highest BCUT2D eigenvalue weighted by Gasteiger charge is 2.37. The summed E-state index contributed by atoms with van der Waals surface area (Å²) in [6.45, 7) is 5.66. The smallest absolute Gasteiger partial charge is 0.316 e. The molecule has 134 valence electrons. The lowest BCUT2D eigenvalue weighted by Crippen LogP contribution is -2.28. The van der Waals surface area contributed by atoms with Crippen LogP contribution in [0.2, 0.25) is 0 Å². The molecule has 0 aliphatic carbocycles. The lowest BCUT2D eigenvalue weighted by molar-refractivity contribution is -0.139. The molecule has 0 radical (unpaired) electrons. The molecule has 1 heterocycles. The van der Waals surface area contributed by atoms with Crippen LogP contribution in [0.3, 0.4) is 0 Å². The van der Waals surface area contributed by atoms with Gasteiger partial charge in [-0.3, -0.25) is 14.4 Å². The van der Waals surface area contributed by atoms with E-state index in [0.29, 0.717) is 5.56 Å². The molecule has 0 N–H and O–H groups in total. The zero-order chi connectivity index (χ0) is 18.8. The summed E-state index contributed by atoms with van der Waals surface area (Å²) >= 11 is 0. The molecular formula is C21H21NO4. The number of para-hydroxylation sites is 1. The minimum Gasteiger partial charge on any atom is -0.425 e. The van der Waals surface area contributed by atoms with Crippen LogP contribution in [0.1, 0.15) is 34.8 Å². The number of aryl methyl sites for hydroxylation is 1. The van der Waals surface area contributed by atoms with E-state index in [1.165, 1.54) is 6.92 Å². The summed E-state index contributed by atoms with van der Waals surface area (Å²) in [4.78, 5) is 38.3. The Morgan fingerprint density at radius 2 is 1.81 bits per heavy atom. The van der Waals surface area contributed by atoms with Crippen molar-refractivity contribution in [2.45, 2.75) is 27.2 Å².